The normalized spacial score (nSPS) is 14.8. The summed E-state index contributed by atoms with van der Waals surface area (Å²) in [7, 11) is 3.40. The van der Waals surface area contributed by atoms with Crippen LogP contribution >= 0.6 is 0 Å². The number of rotatable bonds is 6. The molecule has 0 aliphatic carbocycles. The number of hydrogen-bond acceptors (Lipinski definition) is 7. The first kappa shape index (κ1) is 19.7. The molecule has 1 aliphatic heterocycles. The van der Waals surface area contributed by atoms with Crippen molar-refractivity contribution in [3.8, 4) is 5.88 Å². The first-order chi connectivity index (χ1) is 13.4. The summed E-state index contributed by atoms with van der Waals surface area (Å²) >= 11 is 0. The van der Waals surface area contributed by atoms with Gasteiger partial charge in [0.1, 0.15) is 20.3 Å². The SMILES string of the molecule is CO/N=C(\C1=NOCCO1)c1ccccc1COc1cc(C(C)(C)C)n(C)n1. The third-order valence-electron chi connectivity index (χ3n) is 4.22. The highest BCUT2D eigenvalue weighted by atomic mass is 16.7. The summed E-state index contributed by atoms with van der Waals surface area (Å²) in [6, 6.07) is 9.68. The molecule has 28 heavy (non-hydrogen) atoms. The second-order valence-corrected chi connectivity index (χ2v) is 7.39. The molecule has 0 atom stereocenters. The van der Waals surface area contributed by atoms with Gasteiger partial charge in [0.05, 0.1) is 0 Å². The summed E-state index contributed by atoms with van der Waals surface area (Å²) in [5, 5.41) is 12.5. The van der Waals surface area contributed by atoms with Gasteiger partial charge in [0.25, 0.3) is 5.90 Å². The molecule has 1 aliphatic rings. The van der Waals surface area contributed by atoms with Crippen LogP contribution in [0.15, 0.2) is 40.6 Å². The molecular formula is C20H26N4O4. The largest absolute Gasteiger partial charge is 0.472 e. The van der Waals surface area contributed by atoms with Crippen molar-refractivity contribution >= 4 is 11.6 Å². The third-order valence-corrected chi connectivity index (χ3v) is 4.22. The smallest absolute Gasteiger partial charge is 0.280 e. The summed E-state index contributed by atoms with van der Waals surface area (Å²) in [5.74, 6) is 0.857. The first-order valence-corrected chi connectivity index (χ1v) is 9.10. The number of aromatic nitrogens is 2. The number of nitrogens with zero attached hydrogens (tertiary/aromatic N) is 4. The molecule has 0 saturated carbocycles. The van der Waals surface area contributed by atoms with Crippen molar-refractivity contribution in [3.63, 3.8) is 0 Å². The van der Waals surface area contributed by atoms with Crippen LogP contribution in [-0.2, 0) is 33.5 Å². The Balaban J connectivity index is 1.84. The number of benzene rings is 1. The van der Waals surface area contributed by atoms with Gasteiger partial charge in [0.15, 0.2) is 12.3 Å². The van der Waals surface area contributed by atoms with Crippen LogP contribution in [0.5, 0.6) is 5.88 Å². The van der Waals surface area contributed by atoms with Crippen LogP contribution < -0.4 is 4.74 Å². The molecule has 0 bridgehead atoms. The maximum atomic E-state index is 5.97. The van der Waals surface area contributed by atoms with Gasteiger partial charge in [-0.1, -0.05) is 50.2 Å². The van der Waals surface area contributed by atoms with E-state index in [0.29, 0.717) is 31.4 Å². The van der Waals surface area contributed by atoms with E-state index in [1.807, 2.05) is 42.1 Å². The maximum absolute atomic E-state index is 5.97. The second-order valence-electron chi connectivity index (χ2n) is 7.39. The summed E-state index contributed by atoms with van der Waals surface area (Å²) in [6.45, 7) is 7.55. The predicted octanol–water partition coefficient (Wildman–Crippen LogP) is 3.01. The zero-order valence-corrected chi connectivity index (χ0v) is 16.9. The van der Waals surface area contributed by atoms with Crippen LogP contribution in [0.4, 0.5) is 0 Å². The van der Waals surface area contributed by atoms with Crippen molar-refractivity contribution in [2.75, 3.05) is 20.3 Å². The standard InChI is InChI=1S/C20H26N4O4/c1-20(2,3)16-12-17(21-24(16)4)27-13-14-8-6-7-9-15(14)18(22-25-5)19-23-28-11-10-26-19/h6-9,12H,10-11,13H2,1-5H3/b22-18-. The van der Waals surface area contributed by atoms with Gasteiger partial charge in [-0.05, 0) is 10.7 Å². The molecule has 2 heterocycles. The molecule has 0 radical (unpaired) electrons. The molecule has 1 aromatic carbocycles. The van der Waals surface area contributed by atoms with Crippen molar-refractivity contribution in [2.45, 2.75) is 32.8 Å². The van der Waals surface area contributed by atoms with Gasteiger partial charge in [-0.25, -0.2) is 0 Å². The number of aryl methyl sites for hydroxylation is 1. The Kier molecular flexibility index (Phi) is 5.87. The summed E-state index contributed by atoms with van der Waals surface area (Å²) in [4.78, 5) is 10.1. The number of oxime groups is 2. The first-order valence-electron chi connectivity index (χ1n) is 9.10. The van der Waals surface area contributed by atoms with E-state index < -0.39 is 0 Å². The van der Waals surface area contributed by atoms with E-state index in [0.717, 1.165) is 16.8 Å². The minimum absolute atomic E-state index is 0.0178. The van der Waals surface area contributed by atoms with E-state index in [2.05, 4.69) is 36.2 Å². The van der Waals surface area contributed by atoms with Crippen molar-refractivity contribution in [1.82, 2.24) is 9.78 Å². The molecule has 0 N–H and O–H groups in total. The number of ether oxygens (including phenoxy) is 2. The third kappa shape index (κ3) is 4.44. The highest BCUT2D eigenvalue weighted by Crippen LogP contribution is 2.25. The molecular weight excluding hydrogens is 360 g/mol. The lowest BCUT2D eigenvalue weighted by Crippen LogP contribution is -2.26. The quantitative estimate of drug-likeness (QED) is 0.563. The molecule has 2 aromatic rings. The van der Waals surface area contributed by atoms with E-state index in [1.54, 1.807) is 0 Å². The minimum Gasteiger partial charge on any atom is -0.472 e. The van der Waals surface area contributed by atoms with Gasteiger partial charge in [-0.2, -0.15) is 0 Å². The minimum atomic E-state index is -0.0178. The van der Waals surface area contributed by atoms with E-state index >= 15 is 0 Å². The molecule has 0 fully saturated rings. The van der Waals surface area contributed by atoms with Crippen molar-refractivity contribution in [1.29, 1.82) is 0 Å². The van der Waals surface area contributed by atoms with Gasteiger partial charge >= 0.3 is 0 Å². The topological polar surface area (TPSA) is 79.5 Å². The lowest BCUT2D eigenvalue weighted by atomic mass is 9.92. The highest BCUT2D eigenvalue weighted by Gasteiger charge is 2.23. The average molecular weight is 386 g/mol. The monoisotopic (exact) mass is 386 g/mol. The van der Waals surface area contributed by atoms with Gasteiger partial charge in [-0.3, -0.25) is 4.68 Å². The molecule has 8 nitrogen and oxygen atoms in total. The van der Waals surface area contributed by atoms with Crippen molar-refractivity contribution in [3.05, 3.63) is 47.2 Å². The maximum Gasteiger partial charge on any atom is 0.280 e. The zero-order chi connectivity index (χ0) is 20.1. The fraction of sp³-hybridized carbons (Fsp3) is 0.450. The van der Waals surface area contributed by atoms with Gasteiger partial charge in [0.2, 0.25) is 5.88 Å². The Morgan fingerprint density at radius 2 is 2.04 bits per heavy atom. The van der Waals surface area contributed by atoms with Gasteiger partial charge < -0.3 is 19.1 Å². The molecule has 0 saturated heterocycles. The Labute approximate surface area is 164 Å². The van der Waals surface area contributed by atoms with Crippen molar-refractivity contribution < 1.29 is 19.1 Å². The zero-order valence-electron chi connectivity index (χ0n) is 16.9. The fourth-order valence-electron chi connectivity index (χ4n) is 2.95. The summed E-state index contributed by atoms with van der Waals surface area (Å²) in [5.41, 5.74) is 3.23. The van der Waals surface area contributed by atoms with Crippen LogP contribution in [0.2, 0.25) is 0 Å². The lowest BCUT2D eigenvalue weighted by Gasteiger charge is -2.17. The summed E-state index contributed by atoms with van der Waals surface area (Å²) < 4.78 is 13.4. The predicted molar refractivity (Wildman–Crippen MR) is 106 cm³/mol. The van der Waals surface area contributed by atoms with Crippen LogP contribution in [-0.4, -0.2) is 41.7 Å². The lowest BCUT2D eigenvalue weighted by molar-refractivity contribution is 0.0672. The fourth-order valence-corrected chi connectivity index (χ4v) is 2.95. The van der Waals surface area contributed by atoms with Crippen LogP contribution in [0.25, 0.3) is 0 Å². The van der Waals surface area contributed by atoms with Crippen LogP contribution in [0.1, 0.15) is 37.6 Å². The Morgan fingerprint density at radius 3 is 2.68 bits per heavy atom. The second kappa shape index (κ2) is 8.33. The molecule has 0 spiro atoms. The molecule has 0 amide bonds. The van der Waals surface area contributed by atoms with E-state index in [9.17, 15) is 0 Å². The summed E-state index contributed by atoms with van der Waals surface area (Å²) in [6.07, 6.45) is 0. The van der Waals surface area contributed by atoms with E-state index in [1.165, 1.54) is 7.11 Å². The van der Waals surface area contributed by atoms with Crippen molar-refractivity contribution in [2.24, 2.45) is 17.4 Å². The molecule has 3 rings (SSSR count). The van der Waals surface area contributed by atoms with Crippen LogP contribution in [0.3, 0.4) is 0 Å². The highest BCUT2D eigenvalue weighted by molar-refractivity contribution is 6.45. The Bertz CT molecular complexity index is 881. The van der Waals surface area contributed by atoms with Crippen LogP contribution in [0, 0.1) is 0 Å². The molecule has 8 heteroatoms. The van der Waals surface area contributed by atoms with E-state index in [-0.39, 0.29) is 11.3 Å². The van der Waals surface area contributed by atoms with Gasteiger partial charge in [-0.15, -0.1) is 5.10 Å². The molecule has 150 valence electrons. The van der Waals surface area contributed by atoms with Gasteiger partial charge in [0, 0.05) is 29.8 Å². The molecule has 1 aromatic heterocycles. The Hall–Kier alpha value is -3.03. The average Bonchev–Trinajstić information content (AvgIpc) is 3.07. The number of hydrogen-bond donors (Lipinski definition) is 0. The Morgan fingerprint density at radius 1 is 1.25 bits per heavy atom. The molecule has 0 unspecified atom stereocenters. The van der Waals surface area contributed by atoms with E-state index in [4.69, 9.17) is 19.1 Å².